The number of hydrogen-bond acceptors (Lipinski definition) is 4. The van der Waals surface area contributed by atoms with Crippen LogP contribution in [0.5, 0.6) is 0 Å². The minimum atomic E-state index is -0.240. The molecule has 4 heteroatoms. The summed E-state index contributed by atoms with van der Waals surface area (Å²) in [5.74, 6) is 1.54. The van der Waals surface area contributed by atoms with Gasteiger partial charge in [-0.25, -0.2) is 4.98 Å². The highest BCUT2D eigenvalue weighted by molar-refractivity contribution is 4.96. The highest BCUT2D eigenvalue weighted by atomic mass is 16.4. The van der Waals surface area contributed by atoms with Crippen molar-refractivity contribution in [2.75, 3.05) is 0 Å². The molecule has 1 aliphatic rings. The van der Waals surface area contributed by atoms with E-state index in [0.29, 0.717) is 5.89 Å². The third kappa shape index (κ3) is 3.30. The molecule has 1 saturated carbocycles. The van der Waals surface area contributed by atoms with E-state index in [0.717, 1.165) is 25.0 Å². The molecule has 3 atom stereocenters. The molecule has 0 amide bonds. The molecule has 4 nitrogen and oxygen atoms in total. The maximum atomic E-state index is 10.0. The quantitative estimate of drug-likeness (QED) is 0.793. The van der Waals surface area contributed by atoms with Crippen molar-refractivity contribution in [2.45, 2.75) is 64.1 Å². The van der Waals surface area contributed by atoms with E-state index >= 15 is 0 Å². The molecule has 1 aromatic heterocycles. The second-order valence-corrected chi connectivity index (χ2v) is 5.01. The molecular weight excluding hydrogens is 216 g/mol. The number of rotatable bonds is 3. The monoisotopic (exact) mass is 238 g/mol. The minimum Gasteiger partial charge on any atom is -0.444 e. The molecule has 2 rings (SSSR count). The van der Waals surface area contributed by atoms with Crippen molar-refractivity contribution in [2.24, 2.45) is 0 Å². The normalized spacial score (nSPS) is 27.7. The Bertz CT molecular complexity index is 351. The Kier molecular flexibility index (Phi) is 4.18. The number of aliphatic hydroxyl groups excluding tert-OH is 1. The molecule has 0 saturated heterocycles. The number of nitrogens with zero attached hydrogens (tertiary/aromatic N) is 1. The molecule has 0 bridgehead atoms. The molecule has 17 heavy (non-hydrogen) atoms. The molecule has 1 heterocycles. The second kappa shape index (κ2) is 5.65. The first-order chi connectivity index (χ1) is 8.16. The first kappa shape index (κ1) is 12.6. The van der Waals surface area contributed by atoms with Gasteiger partial charge >= 0.3 is 0 Å². The summed E-state index contributed by atoms with van der Waals surface area (Å²) in [5.41, 5.74) is 0. The number of hydrogen-bond donors (Lipinski definition) is 2. The molecule has 0 spiro atoms. The van der Waals surface area contributed by atoms with Crippen LogP contribution in [0.25, 0.3) is 0 Å². The molecular formula is C13H22N2O2. The van der Waals surface area contributed by atoms with Gasteiger partial charge in [-0.2, -0.15) is 0 Å². The fraction of sp³-hybridized carbons (Fsp3) is 0.769. The lowest BCUT2D eigenvalue weighted by atomic mass is 10.1. The lowest BCUT2D eigenvalue weighted by molar-refractivity contribution is 0.112. The number of oxazole rings is 1. The van der Waals surface area contributed by atoms with Gasteiger partial charge < -0.3 is 14.8 Å². The Morgan fingerprint density at radius 3 is 2.88 bits per heavy atom. The molecule has 2 N–H and O–H groups in total. The third-order valence-corrected chi connectivity index (χ3v) is 3.45. The fourth-order valence-corrected chi connectivity index (χ4v) is 2.45. The standard InChI is InChI=1S/C13H22N2O2/c1-9-8-14-13(17-9)10(2)15-11-6-4-3-5-7-12(11)16/h8,10-12,15-16H,3-7H2,1-2H3. The fourth-order valence-electron chi connectivity index (χ4n) is 2.45. The Hall–Kier alpha value is -0.870. The smallest absolute Gasteiger partial charge is 0.211 e. The van der Waals surface area contributed by atoms with Gasteiger partial charge in [0.15, 0.2) is 0 Å². The van der Waals surface area contributed by atoms with Crippen LogP contribution in [0.15, 0.2) is 10.6 Å². The van der Waals surface area contributed by atoms with Crippen molar-refractivity contribution in [1.82, 2.24) is 10.3 Å². The summed E-state index contributed by atoms with van der Waals surface area (Å²) >= 11 is 0. The van der Waals surface area contributed by atoms with E-state index in [4.69, 9.17) is 4.42 Å². The van der Waals surface area contributed by atoms with Crippen molar-refractivity contribution >= 4 is 0 Å². The summed E-state index contributed by atoms with van der Waals surface area (Å²) in [6.45, 7) is 3.92. The lowest BCUT2D eigenvalue weighted by Gasteiger charge is -2.24. The van der Waals surface area contributed by atoms with Crippen LogP contribution in [-0.2, 0) is 0 Å². The predicted octanol–water partition coefficient (Wildman–Crippen LogP) is 2.33. The van der Waals surface area contributed by atoms with Gasteiger partial charge in [0.05, 0.1) is 18.3 Å². The zero-order valence-corrected chi connectivity index (χ0v) is 10.6. The molecule has 0 aromatic carbocycles. The Labute approximate surface area is 102 Å². The van der Waals surface area contributed by atoms with Crippen molar-refractivity contribution in [3.8, 4) is 0 Å². The average molecular weight is 238 g/mol. The topological polar surface area (TPSA) is 58.3 Å². The van der Waals surface area contributed by atoms with E-state index in [9.17, 15) is 5.11 Å². The molecule has 1 aliphatic carbocycles. The van der Waals surface area contributed by atoms with Crippen molar-refractivity contribution in [3.63, 3.8) is 0 Å². The average Bonchev–Trinajstić information content (AvgIpc) is 2.63. The van der Waals surface area contributed by atoms with E-state index < -0.39 is 0 Å². The van der Waals surface area contributed by atoms with E-state index in [1.165, 1.54) is 12.8 Å². The third-order valence-electron chi connectivity index (χ3n) is 3.45. The maximum Gasteiger partial charge on any atom is 0.211 e. The molecule has 3 unspecified atom stereocenters. The van der Waals surface area contributed by atoms with Crippen molar-refractivity contribution < 1.29 is 9.52 Å². The Morgan fingerprint density at radius 2 is 2.18 bits per heavy atom. The van der Waals surface area contributed by atoms with Gasteiger partial charge in [0.25, 0.3) is 0 Å². The van der Waals surface area contributed by atoms with Gasteiger partial charge in [-0.05, 0) is 26.7 Å². The zero-order valence-electron chi connectivity index (χ0n) is 10.6. The number of aliphatic hydroxyl groups is 1. The van der Waals surface area contributed by atoms with Crippen molar-refractivity contribution in [3.05, 3.63) is 17.8 Å². The van der Waals surface area contributed by atoms with E-state index in [-0.39, 0.29) is 18.2 Å². The largest absolute Gasteiger partial charge is 0.444 e. The number of nitrogens with one attached hydrogen (secondary N) is 1. The van der Waals surface area contributed by atoms with Crippen LogP contribution in [0.2, 0.25) is 0 Å². The number of aryl methyl sites for hydroxylation is 1. The Balaban J connectivity index is 1.94. The summed E-state index contributed by atoms with van der Waals surface area (Å²) < 4.78 is 5.50. The molecule has 0 radical (unpaired) electrons. The first-order valence-electron chi connectivity index (χ1n) is 6.53. The van der Waals surface area contributed by atoms with Gasteiger partial charge in [-0.3, -0.25) is 0 Å². The predicted molar refractivity (Wildman–Crippen MR) is 65.7 cm³/mol. The summed E-state index contributed by atoms with van der Waals surface area (Å²) in [6, 6.07) is 0.223. The van der Waals surface area contributed by atoms with Crippen LogP contribution >= 0.6 is 0 Å². The SMILES string of the molecule is Cc1cnc(C(C)NC2CCCCCC2O)o1. The van der Waals surface area contributed by atoms with Crippen LogP contribution in [0.1, 0.15) is 56.7 Å². The minimum absolute atomic E-state index is 0.0569. The highest BCUT2D eigenvalue weighted by Crippen LogP contribution is 2.21. The molecule has 1 fully saturated rings. The van der Waals surface area contributed by atoms with Gasteiger partial charge in [-0.15, -0.1) is 0 Å². The summed E-state index contributed by atoms with van der Waals surface area (Å²) in [7, 11) is 0. The van der Waals surface area contributed by atoms with Gasteiger partial charge in [0, 0.05) is 6.04 Å². The van der Waals surface area contributed by atoms with E-state index in [1.54, 1.807) is 6.20 Å². The van der Waals surface area contributed by atoms with Crippen LogP contribution in [0, 0.1) is 6.92 Å². The summed E-state index contributed by atoms with van der Waals surface area (Å²) in [6.07, 6.45) is 6.97. The van der Waals surface area contributed by atoms with Gasteiger partial charge in [0.2, 0.25) is 5.89 Å². The summed E-state index contributed by atoms with van der Waals surface area (Å²) in [4.78, 5) is 4.22. The van der Waals surface area contributed by atoms with E-state index in [1.807, 2.05) is 13.8 Å². The molecule has 1 aromatic rings. The maximum absolute atomic E-state index is 10.0. The van der Waals surface area contributed by atoms with Crippen LogP contribution in [0.4, 0.5) is 0 Å². The highest BCUT2D eigenvalue weighted by Gasteiger charge is 2.24. The zero-order chi connectivity index (χ0) is 12.3. The van der Waals surface area contributed by atoms with Crippen LogP contribution in [0.3, 0.4) is 0 Å². The second-order valence-electron chi connectivity index (χ2n) is 5.01. The van der Waals surface area contributed by atoms with Crippen molar-refractivity contribution in [1.29, 1.82) is 0 Å². The number of aromatic nitrogens is 1. The Morgan fingerprint density at radius 1 is 1.41 bits per heavy atom. The van der Waals surface area contributed by atoms with Gasteiger partial charge in [0.1, 0.15) is 5.76 Å². The molecule has 0 aliphatic heterocycles. The van der Waals surface area contributed by atoms with E-state index in [2.05, 4.69) is 10.3 Å². The molecule has 96 valence electrons. The summed E-state index contributed by atoms with van der Waals surface area (Å²) in [5, 5.41) is 13.5. The lowest BCUT2D eigenvalue weighted by Crippen LogP contribution is -2.40. The van der Waals surface area contributed by atoms with Crippen LogP contribution in [-0.4, -0.2) is 22.2 Å². The van der Waals surface area contributed by atoms with Crippen LogP contribution < -0.4 is 5.32 Å². The first-order valence-corrected chi connectivity index (χ1v) is 6.53. The van der Waals surface area contributed by atoms with Gasteiger partial charge in [-0.1, -0.05) is 19.3 Å².